The van der Waals surface area contributed by atoms with Gasteiger partial charge < -0.3 is 5.32 Å². The molecule has 3 unspecified atom stereocenters. The van der Waals surface area contributed by atoms with Crippen LogP contribution in [0.15, 0.2) is 0 Å². The Morgan fingerprint density at radius 3 is 2.20 bits per heavy atom. The van der Waals surface area contributed by atoms with Crippen LogP contribution < -0.4 is 5.32 Å². The van der Waals surface area contributed by atoms with Crippen LogP contribution in [0.2, 0.25) is 0 Å². The summed E-state index contributed by atoms with van der Waals surface area (Å²) in [5.41, 5.74) is 0. The first-order valence-electron chi connectivity index (χ1n) is 4.88. The lowest BCUT2D eigenvalue weighted by atomic mass is 9.76. The van der Waals surface area contributed by atoms with Gasteiger partial charge in [-0.15, -0.1) is 0 Å². The summed E-state index contributed by atoms with van der Waals surface area (Å²) in [6, 6.07) is -0.220. The molecule has 1 aliphatic carbocycles. The smallest absolute Gasteiger partial charge is 0.317 e. The van der Waals surface area contributed by atoms with E-state index in [9.17, 15) is 22.0 Å². The molecule has 1 saturated carbocycles. The van der Waals surface area contributed by atoms with E-state index in [0.29, 0.717) is 6.42 Å². The van der Waals surface area contributed by atoms with Gasteiger partial charge >= 0.3 is 6.18 Å². The summed E-state index contributed by atoms with van der Waals surface area (Å²) in [5.74, 6) is -3.40. The van der Waals surface area contributed by atoms with Gasteiger partial charge in [0.25, 0.3) is 0 Å². The van der Waals surface area contributed by atoms with Crippen molar-refractivity contribution in [2.75, 3.05) is 7.05 Å². The third kappa shape index (κ3) is 3.03. The van der Waals surface area contributed by atoms with E-state index in [1.54, 1.807) is 7.05 Å². The molecule has 90 valence electrons. The summed E-state index contributed by atoms with van der Waals surface area (Å²) in [6.45, 7) is 0. The number of hydrogen-bond donors (Lipinski definition) is 1. The van der Waals surface area contributed by atoms with Gasteiger partial charge in [-0.1, -0.05) is 0 Å². The molecule has 0 aromatic heterocycles. The average Bonchev–Trinajstić information content (AvgIpc) is 2.15. The first-order chi connectivity index (χ1) is 6.86. The molecule has 0 radical (unpaired) electrons. The first kappa shape index (κ1) is 12.7. The average molecular weight is 231 g/mol. The monoisotopic (exact) mass is 231 g/mol. The second-order valence-electron chi connectivity index (χ2n) is 3.95. The molecule has 1 N–H and O–H groups in total. The van der Waals surface area contributed by atoms with Crippen molar-refractivity contribution in [3.05, 3.63) is 0 Å². The van der Waals surface area contributed by atoms with Crippen LogP contribution in [0.1, 0.15) is 19.3 Å². The zero-order valence-corrected chi connectivity index (χ0v) is 8.32. The fourth-order valence-corrected chi connectivity index (χ4v) is 2.15. The van der Waals surface area contributed by atoms with Crippen molar-refractivity contribution in [1.29, 1.82) is 0 Å². The Labute approximate surface area is 85.0 Å². The van der Waals surface area contributed by atoms with E-state index in [2.05, 4.69) is 5.32 Å². The lowest BCUT2D eigenvalue weighted by molar-refractivity contribution is -0.211. The Morgan fingerprint density at radius 1 is 1.20 bits per heavy atom. The van der Waals surface area contributed by atoms with E-state index in [1.165, 1.54) is 0 Å². The predicted octanol–water partition coefficient (Wildman–Crippen LogP) is 2.82. The van der Waals surface area contributed by atoms with Crippen LogP contribution in [0.5, 0.6) is 0 Å². The van der Waals surface area contributed by atoms with Crippen LogP contribution >= 0.6 is 0 Å². The van der Waals surface area contributed by atoms with Gasteiger partial charge in [0, 0.05) is 12.0 Å². The molecule has 0 saturated heterocycles. The van der Waals surface area contributed by atoms with Crippen molar-refractivity contribution >= 4 is 0 Å². The first-order valence-corrected chi connectivity index (χ1v) is 4.88. The van der Waals surface area contributed by atoms with Crippen LogP contribution in [0.25, 0.3) is 0 Å². The highest BCUT2D eigenvalue weighted by Crippen LogP contribution is 2.43. The molecule has 1 aliphatic rings. The Hall–Kier alpha value is -0.390. The Morgan fingerprint density at radius 2 is 1.80 bits per heavy atom. The van der Waals surface area contributed by atoms with Crippen LogP contribution in [0.4, 0.5) is 22.0 Å². The molecule has 0 amide bonds. The number of halogens is 5. The minimum Gasteiger partial charge on any atom is -0.317 e. The zero-order chi connectivity index (χ0) is 11.6. The maximum Gasteiger partial charge on any atom is 0.392 e. The fourth-order valence-electron chi connectivity index (χ4n) is 2.15. The maximum atomic E-state index is 12.5. The zero-order valence-electron chi connectivity index (χ0n) is 8.32. The van der Waals surface area contributed by atoms with Crippen LogP contribution in [-0.4, -0.2) is 25.7 Å². The maximum absolute atomic E-state index is 12.5. The van der Waals surface area contributed by atoms with Crippen LogP contribution in [0, 0.1) is 11.8 Å². The second kappa shape index (κ2) is 4.63. The summed E-state index contributed by atoms with van der Waals surface area (Å²) in [5, 5.41) is 2.76. The predicted molar refractivity (Wildman–Crippen MR) is 45.7 cm³/mol. The highest BCUT2D eigenvalue weighted by atomic mass is 19.4. The van der Waals surface area contributed by atoms with Gasteiger partial charge in [0.1, 0.15) is 0 Å². The molecule has 15 heavy (non-hydrogen) atoms. The SMILES string of the molecule is CNC1CCC(C(F)(F)F)C(C(F)F)C1. The molecule has 0 aromatic rings. The highest BCUT2D eigenvalue weighted by molar-refractivity contribution is 4.87. The highest BCUT2D eigenvalue weighted by Gasteiger charge is 2.50. The van der Waals surface area contributed by atoms with E-state index >= 15 is 0 Å². The Bertz CT molecular complexity index is 203. The molecule has 3 atom stereocenters. The van der Waals surface area contributed by atoms with Gasteiger partial charge in [-0.2, -0.15) is 13.2 Å². The van der Waals surface area contributed by atoms with Gasteiger partial charge in [-0.3, -0.25) is 0 Å². The van der Waals surface area contributed by atoms with Crippen molar-refractivity contribution in [3.8, 4) is 0 Å². The molecule has 6 heteroatoms. The molecule has 0 bridgehead atoms. The van der Waals surface area contributed by atoms with Gasteiger partial charge in [-0.05, 0) is 26.3 Å². The normalized spacial score (nSPS) is 33.4. The molecule has 1 nitrogen and oxygen atoms in total. The minimum atomic E-state index is -4.50. The summed E-state index contributed by atoms with van der Waals surface area (Å²) in [7, 11) is 1.58. The lowest BCUT2D eigenvalue weighted by Gasteiger charge is -2.36. The molecular formula is C9H14F5N. The number of alkyl halides is 5. The molecule has 0 heterocycles. The van der Waals surface area contributed by atoms with E-state index in [-0.39, 0.29) is 18.9 Å². The van der Waals surface area contributed by atoms with Crippen LogP contribution in [0.3, 0.4) is 0 Å². The molecule has 0 spiro atoms. The van der Waals surface area contributed by atoms with Gasteiger partial charge in [0.15, 0.2) is 0 Å². The molecule has 1 fully saturated rings. The molecular weight excluding hydrogens is 217 g/mol. The summed E-state index contributed by atoms with van der Waals surface area (Å²) < 4.78 is 62.3. The van der Waals surface area contributed by atoms with E-state index in [4.69, 9.17) is 0 Å². The van der Waals surface area contributed by atoms with Crippen molar-refractivity contribution in [2.24, 2.45) is 11.8 Å². The van der Waals surface area contributed by atoms with E-state index < -0.39 is 24.4 Å². The van der Waals surface area contributed by atoms with Crippen molar-refractivity contribution in [1.82, 2.24) is 5.32 Å². The van der Waals surface area contributed by atoms with Crippen molar-refractivity contribution in [3.63, 3.8) is 0 Å². The largest absolute Gasteiger partial charge is 0.392 e. The van der Waals surface area contributed by atoms with Gasteiger partial charge in [0.05, 0.1) is 5.92 Å². The van der Waals surface area contributed by atoms with Gasteiger partial charge in [-0.25, -0.2) is 8.78 Å². The van der Waals surface area contributed by atoms with Crippen molar-refractivity contribution < 1.29 is 22.0 Å². The lowest BCUT2D eigenvalue weighted by Crippen LogP contribution is -2.43. The standard InChI is InChI=1S/C9H14F5N/c1-15-5-2-3-7(9(12,13)14)6(4-5)8(10)11/h5-8,15H,2-4H2,1H3. The summed E-state index contributed by atoms with van der Waals surface area (Å²) in [4.78, 5) is 0. The Balaban J connectivity index is 2.72. The number of hydrogen-bond acceptors (Lipinski definition) is 1. The quantitative estimate of drug-likeness (QED) is 0.720. The fraction of sp³-hybridized carbons (Fsp3) is 1.00. The van der Waals surface area contributed by atoms with E-state index in [1.807, 2.05) is 0 Å². The third-order valence-electron chi connectivity index (χ3n) is 3.05. The van der Waals surface area contributed by atoms with E-state index in [0.717, 1.165) is 0 Å². The molecule has 0 aromatic carbocycles. The third-order valence-corrected chi connectivity index (χ3v) is 3.05. The molecule has 1 rings (SSSR count). The second-order valence-corrected chi connectivity index (χ2v) is 3.95. The Kier molecular flexibility index (Phi) is 3.92. The number of nitrogens with one attached hydrogen (secondary N) is 1. The topological polar surface area (TPSA) is 12.0 Å². The van der Waals surface area contributed by atoms with Crippen LogP contribution in [-0.2, 0) is 0 Å². The minimum absolute atomic E-state index is 0.0989. The van der Waals surface area contributed by atoms with Gasteiger partial charge in [0.2, 0.25) is 6.43 Å². The van der Waals surface area contributed by atoms with Crippen molar-refractivity contribution in [2.45, 2.75) is 37.9 Å². The summed E-state index contributed by atoms with van der Waals surface area (Å²) >= 11 is 0. The number of rotatable bonds is 2. The summed E-state index contributed by atoms with van der Waals surface area (Å²) in [6.07, 6.45) is -7.39. The molecule has 0 aliphatic heterocycles.